The monoisotopic (exact) mass is 242 g/mol. The third-order valence-electron chi connectivity index (χ3n) is 2.40. The molecule has 1 heterocycles. The van der Waals surface area contributed by atoms with Crippen molar-refractivity contribution in [3.05, 3.63) is 29.8 Å². The van der Waals surface area contributed by atoms with E-state index in [4.69, 9.17) is 8.92 Å². The van der Waals surface area contributed by atoms with E-state index in [1.54, 1.807) is 0 Å². The molecule has 1 unspecified atom stereocenters. The van der Waals surface area contributed by atoms with Gasteiger partial charge < -0.3 is 4.74 Å². The summed E-state index contributed by atoms with van der Waals surface area (Å²) in [7, 11) is -3.47. The molecule has 0 bridgehead atoms. The summed E-state index contributed by atoms with van der Waals surface area (Å²) in [5.74, 6) is 0.716. The first-order valence-corrected chi connectivity index (χ1v) is 6.99. The second-order valence-electron chi connectivity index (χ2n) is 3.85. The Morgan fingerprint density at radius 1 is 1.38 bits per heavy atom. The Morgan fingerprint density at radius 3 is 2.88 bits per heavy atom. The number of hydrogen-bond donors (Lipinski definition) is 0. The van der Waals surface area contributed by atoms with Crippen molar-refractivity contribution in [3.63, 3.8) is 0 Å². The molecule has 1 aromatic carbocycles. The summed E-state index contributed by atoms with van der Waals surface area (Å²) in [5.41, 5.74) is 1.10. The molecule has 0 fully saturated rings. The average Bonchev–Trinajstić information content (AvgIpc) is 2.36. The van der Waals surface area contributed by atoms with Crippen molar-refractivity contribution >= 4 is 10.1 Å². The number of aryl methyl sites for hydroxylation is 1. The molecule has 4 nitrogen and oxygen atoms in total. The highest BCUT2D eigenvalue weighted by Crippen LogP contribution is 2.26. The fourth-order valence-corrected chi connectivity index (χ4v) is 2.27. The molecule has 0 spiro atoms. The lowest BCUT2D eigenvalue weighted by atomic mass is 10.1. The molecule has 5 heteroatoms. The Labute approximate surface area is 95.3 Å². The molecule has 16 heavy (non-hydrogen) atoms. The van der Waals surface area contributed by atoms with Gasteiger partial charge in [-0.25, -0.2) is 4.18 Å². The summed E-state index contributed by atoms with van der Waals surface area (Å²) >= 11 is 0. The molecular weight excluding hydrogens is 228 g/mol. The lowest BCUT2D eigenvalue weighted by Crippen LogP contribution is -2.23. The van der Waals surface area contributed by atoms with E-state index >= 15 is 0 Å². The van der Waals surface area contributed by atoms with Gasteiger partial charge in [0.05, 0.1) is 6.26 Å². The first-order valence-electron chi connectivity index (χ1n) is 5.17. The van der Waals surface area contributed by atoms with Crippen LogP contribution in [0.25, 0.3) is 0 Å². The van der Waals surface area contributed by atoms with Crippen LogP contribution in [0.15, 0.2) is 24.3 Å². The van der Waals surface area contributed by atoms with Gasteiger partial charge >= 0.3 is 0 Å². The summed E-state index contributed by atoms with van der Waals surface area (Å²) in [6.45, 7) is 0. The summed E-state index contributed by atoms with van der Waals surface area (Å²) in [6, 6.07) is 7.62. The third kappa shape index (κ3) is 2.96. The van der Waals surface area contributed by atoms with Gasteiger partial charge in [0.1, 0.15) is 5.75 Å². The lowest BCUT2D eigenvalue weighted by molar-refractivity contribution is 0.00827. The summed E-state index contributed by atoms with van der Waals surface area (Å²) in [5, 5.41) is 0. The third-order valence-corrected chi connectivity index (χ3v) is 2.96. The highest BCUT2D eigenvalue weighted by Gasteiger charge is 2.21. The van der Waals surface area contributed by atoms with Crippen LogP contribution in [0.3, 0.4) is 0 Å². The van der Waals surface area contributed by atoms with Crippen molar-refractivity contribution in [2.45, 2.75) is 25.6 Å². The van der Waals surface area contributed by atoms with E-state index in [0.29, 0.717) is 12.2 Å². The van der Waals surface area contributed by atoms with Gasteiger partial charge in [0.2, 0.25) is 6.29 Å². The van der Waals surface area contributed by atoms with E-state index in [9.17, 15) is 8.42 Å². The molecule has 0 saturated carbocycles. The molecule has 0 aliphatic carbocycles. The van der Waals surface area contributed by atoms with Gasteiger partial charge in [0.25, 0.3) is 10.1 Å². The zero-order valence-electron chi connectivity index (χ0n) is 9.05. The molecular formula is C11H14O4S. The van der Waals surface area contributed by atoms with Gasteiger partial charge in [0, 0.05) is 6.42 Å². The van der Waals surface area contributed by atoms with Crippen LogP contribution in [0.2, 0.25) is 0 Å². The van der Waals surface area contributed by atoms with Crippen LogP contribution < -0.4 is 4.74 Å². The molecule has 1 aliphatic rings. The Bertz CT molecular complexity index is 467. The van der Waals surface area contributed by atoms with Crippen molar-refractivity contribution in [2.75, 3.05) is 6.26 Å². The minimum atomic E-state index is -3.47. The zero-order valence-corrected chi connectivity index (χ0v) is 9.87. The second-order valence-corrected chi connectivity index (χ2v) is 5.45. The van der Waals surface area contributed by atoms with Gasteiger partial charge in [-0.1, -0.05) is 18.2 Å². The van der Waals surface area contributed by atoms with E-state index in [1.807, 2.05) is 24.3 Å². The minimum absolute atomic E-state index is 0.585. The topological polar surface area (TPSA) is 52.6 Å². The zero-order chi connectivity index (χ0) is 11.6. The highest BCUT2D eigenvalue weighted by atomic mass is 32.2. The SMILES string of the molecule is CS(=O)(=O)OC1CCCc2ccccc2O1. The summed E-state index contributed by atoms with van der Waals surface area (Å²) < 4.78 is 32.4. The lowest BCUT2D eigenvalue weighted by Gasteiger charge is -2.15. The number of fused-ring (bicyclic) bond motifs is 1. The van der Waals surface area contributed by atoms with Crippen LogP contribution in [-0.4, -0.2) is 21.0 Å². The van der Waals surface area contributed by atoms with E-state index in [2.05, 4.69) is 0 Å². The predicted molar refractivity (Wildman–Crippen MR) is 59.7 cm³/mol. The van der Waals surface area contributed by atoms with E-state index in [0.717, 1.165) is 24.7 Å². The van der Waals surface area contributed by atoms with Crippen molar-refractivity contribution in [2.24, 2.45) is 0 Å². The van der Waals surface area contributed by atoms with Crippen molar-refractivity contribution in [3.8, 4) is 5.75 Å². The number of para-hydroxylation sites is 1. The smallest absolute Gasteiger partial charge is 0.267 e. The number of rotatable bonds is 2. The van der Waals surface area contributed by atoms with Gasteiger partial charge in [-0.15, -0.1) is 0 Å². The number of benzene rings is 1. The van der Waals surface area contributed by atoms with Gasteiger partial charge in [0.15, 0.2) is 0 Å². The maximum absolute atomic E-state index is 11.0. The van der Waals surface area contributed by atoms with Crippen LogP contribution in [0, 0.1) is 0 Å². The standard InChI is InChI=1S/C11H14O4S/c1-16(12,13)15-11-8-4-6-9-5-2-3-7-10(9)14-11/h2-3,5,7,11H,4,6,8H2,1H3. The maximum Gasteiger partial charge on any atom is 0.267 e. The summed E-state index contributed by atoms with van der Waals surface area (Å²) in [4.78, 5) is 0. The van der Waals surface area contributed by atoms with Crippen LogP contribution in [0.5, 0.6) is 5.75 Å². The van der Waals surface area contributed by atoms with E-state index in [-0.39, 0.29) is 0 Å². The van der Waals surface area contributed by atoms with E-state index < -0.39 is 16.4 Å². The van der Waals surface area contributed by atoms with Gasteiger partial charge in [-0.2, -0.15) is 8.42 Å². The Kier molecular flexibility index (Phi) is 3.16. The first kappa shape index (κ1) is 11.4. The van der Waals surface area contributed by atoms with Crippen molar-refractivity contribution in [1.82, 2.24) is 0 Å². The highest BCUT2D eigenvalue weighted by molar-refractivity contribution is 7.86. The maximum atomic E-state index is 11.0. The minimum Gasteiger partial charge on any atom is -0.463 e. The normalized spacial score (nSPS) is 20.7. The number of ether oxygens (including phenoxy) is 1. The molecule has 1 aliphatic heterocycles. The van der Waals surface area contributed by atoms with Crippen LogP contribution in [-0.2, 0) is 20.7 Å². The predicted octanol–water partition coefficient (Wildman–Crippen LogP) is 1.70. The quantitative estimate of drug-likeness (QED) is 0.741. The fourth-order valence-electron chi connectivity index (χ4n) is 1.75. The van der Waals surface area contributed by atoms with Gasteiger partial charge in [-0.3, -0.25) is 0 Å². The van der Waals surface area contributed by atoms with Crippen molar-refractivity contribution in [1.29, 1.82) is 0 Å². The van der Waals surface area contributed by atoms with Crippen LogP contribution in [0.4, 0.5) is 0 Å². The number of hydrogen-bond acceptors (Lipinski definition) is 4. The van der Waals surface area contributed by atoms with Crippen molar-refractivity contribution < 1.29 is 17.3 Å². The molecule has 1 aromatic rings. The van der Waals surface area contributed by atoms with Gasteiger partial charge in [-0.05, 0) is 24.5 Å². The Balaban J connectivity index is 2.17. The molecule has 0 saturated heterocycles. The fraction of sp³-hybridized carbons (Fsp3) is 0.455. The second kappa shape index (κ2) is 4.43. The molecule has 0 N–H and O–H groups in total. The molecule has 1 atom stereocenters. The van der Waals surface area contributed by atoms with E-state index in [1.165, 1.54) is 0 Å². The summed E-state index contributed by atoms with van der Waals surface area (Å²) in [6.07, 6.45) is 2.67. The Morgan fingerprint density at radius 2 is 2.12 bits per heavy atom. The molecule has 0 amide bonds. The first-order chi connectivity index (χ1) is 7.54. The molecule has 0 radical (unpaired) electrons. The molecule has 2 rings (SSSR count). The average molecular weight is 242 g/mol. The molecule has 0 aromatic heterocycles. The van der Waals surface area contributed by atoms with Crippen LogP contribution >= 0.6 is 0 Å². The largest absolute Gasteiger partial charge is 0.463 e. The Hall–Kier alpha value is -1.07. The molecule has 88 valence electrons. The van der Waals surface area contributed by atoms with Crippen LogP contribution in [0.1, 0.15) is 18.4 Å².